The fourth-order valence-electron chi connectivity index (χ4n) is 5.08. The lowest BCUT2D eigenvalue weighted by Crippen LogP contribution is -2.43. The Hall–Kier alpha value is -2.37. The standard InChI is InChI=1S/C27H34ClN3O2/c1-19(2)25-6-3-4-14-30(25)15-5-13-29-26(32)21-9-10-22-18-31(27(33)24(22)16-21)17-20-7-11-23(28)12-8-20/h7-12,16,19,25H,3-6,13-15,17-18H2,1-2H3,(H,29,32). The summed E-state index contributed by atoms with van der Waals surface area (Å²) in [5.74, 6) is 0.531. The molecule has 2 aromatic rings. The Labute approximate surface area is 202 Å². The third-order valence-corrected chi connectivity index (χ3v) is 7.13. The first-order valence-corrected chi connectivity index (χ1v) is 12.5. The molecule has 0 aliphatic carbocycles. The van der Waals surface area contributed by atoms with E-state index in [1.165, 1.54) is 19.3 Å². The third kappa shape index (κ3) is 5.77. The van der Waals surface area contributed by atoms with Gasteiger partial charge in [0.1, 0.15) is 0 Å². The molecule has 2 aromatic carbocycles. The van der Waals surface area contributed by atoms with Gasteiger partial charge in [0.15, 0.2) is 0 Å². The quantitative estimate of drug-likeness (QED) is 0.548. The van der Waals surface area contributed by atoms with Gasteiger partial charge in [-0.25, -0.2) is 0 Å². The van der Waals surface area contributed by atoms with Crippen LogP contribution in [0, 0.1) is 5.92 Å². The molecule has 0 spiro atoms. The third-order valence-electron chi connectivity index (χ3n) is 6.88. The molecule has 1 saturated heterocycles. The highest BCUT2D eigenvalue weighted by molar-refractivity contribution is 6.30. The second-order valence-electron chi connectivity index (χ2n) is 9.61. The number of amides is 2. The van der Waals surface area contributed by atoms with E-state index in [0.717, 1.165) is 30.6 Å². The number of fused-ring (bicyclic) bond motifs is 1. The van der Waals surface area contributed by atoms with Crippen LogP contribution in [0.2, 0.25) is 5.02 Å². The largest absolute Gasteiger partial charge is 0.352 e. The Bertz CT molecular complexity index is 989. The molecule has 2 amide bonds. The Morgan fingerprint density at radius 1 is 1.15 bits per heavy atom. The summed E-state index contributed by atoms with van der Waals surface area (Å²) in [4.78, 5) is 30.0. The van der Waals surface area contributed by atoms with Crippen LogP contribution in [0.3, 0.4) is 0 Å². The summed E-state index contributed by atoms with van der Waals surface area (Å²) in [7, 11) is 0. The number of benzene rings is 2. The minimum atomic E-state index is -0.110. The van der Waals surface area contributed by atoms with Gasteiger partial charge in [-0.15, -0.1) is 0 Å². The van der Waals surface area contributed by atoms with E-state index in [1.54, 1.807) is 11.0 Å². The van der Waals surface area contributed by atoms with E-state index >= 15 is 0 Å². The van der Waals surface area contributed by atoms with Crippen LogP contribution in [0.5, 0.6) is 0 Å². The number of likely N-dealkylation sites (tertiary alicyclic amines) is 1. The molecule has 6 heteroatoms. The summed E-state index contributed by atoms with van der Waals surface area (Å²) in [5, 5.41) is 3.72. The van der Waals surface area contributed by atoms with Gasteiger partial charge in [-0.2, -0.15) is 0 Å². The van der Waals surface area contributed by atoms with Crippen molar-refractivity contribution in [3.05, 3.63) is 69.7 Å². The minimum Gasteiger partial charge on any atom is -0.352 e. The number of nitrogens with zero attached hydrogens (tertiary/aromatic N) is 2. The maximum atomic E-state index is 12.9. The summed E-state index contributed by atoms with van der Waals surface area (Å²) < 4.78 is 0. The average molecular weight is 468 g/mol. The number of rotatable bonds is 8. The van der Waals surface area contributed by atoms with Crippen LogP contribution in [0.25, 0.3) is 0 Å². The molecule has 1 N–H and O–H groups in total. The smallest absolute Gasteiger partial charge is 0.254 e. The van der Waals surface area contributed by atoms with E-state index in [-0.39, 0.29) is 11.8 Å². The normalized spacial score (nSPS) is 18.6. The molecule has 33 heavy (non-hydrogen) atoms. The van der Waals surface area contributed by atoms with Gasteiger partial charge in [0.2, 0.25) is 0 Å². The van der Waals surface area contributed by atoms with Crippen LogP contribution in [-0.4, -0.2) is 47.3 Å². The topological polar surface area (TPSA) is 52.7 Å². The van der Waals surface area contributed by atoms with Crippen molar-refractivity contribution in [1.82, 2.24) is 15.1 Å². The lowest BCUT2D eigenvalue weighted by molar-refractivity contribution is 0.0766. The van der Waals surface area contributed by atoms with Crippen LogP contribution in [-0.2, 0) is 13.1 Å². The molecular weight excluding hydrogens is 434 g/mol. The highest BCUT2D eigenvalue weighted by Gasteiger charge is 2.28. The number of halogens is 1. The zero-order valence-electron chi connectivity index (χ0n) is 19.6. The fraction of sp³-hybridized carbons (Fsp3) is 0.481. The summed E-state index contributed by atoms with van der Waals surface area (Å²) in [6, 6.07) is 13.7. The summed E-state index contributed by atoms with van der Waals surface area (Å²) in [5.41, 5.74) is 3.18. The Kier molecular flexibility index (Phi) is 7.71. The molecule has 0 bridgehead atoms. The Morgan fingerprint density at radius 3 is 2.70 bits per heavy atom. The second kappa shape index (κ2) is 10.7. The van der Waals surface area contributed by atoms with Crippen molar-refractivity contribution in [3.63, 3.8) is 0 Å². The molecule has 2 aliphatic heterocycles. The predicted molar refractivity (Wildman–Crippen MR) is 132 cm³/mol. The lowest BCUT2D eigenvalue weighted by atomic mass is 9.92. The molecule has 4 rings (SSSR count). The van der Waals surface area contributed by atoms with Gasteiger partial charge in [-0.1, -0.05) is 50.1 Å². The van der Waals surface area contributed by atoms with Crippen LogP contribution < -0.4 is 5.32 Å². The molecule has 0 aromatic heterocycles. The van der Waals surface area contributed by atoms with Crippen molar-refractivity contribution in [2.75, 3.05) is 19.6 Å². The molecule has 1 fully saturated rings. The van der Waals surface area contributed by atoms with Crippen LogP contribution in [0.1, 0.15) is 71.4 Å². The van der Waals surface area contributed by atoms with E-state index in [4.69, 9.17) is 11.6 Å². The Balaban J connectivity index is 1.29. The molecule has 2 heterocycles. The number of carbonyl (C=O) groups excluding carboxylic acids is 2. The minimum absolute atomic E-state index is 0.0283. The van der Waals surface area contributed by atoms with Crippen LogP contribution in [0.15, 0.2) is 42.5 Å². The first-order valence-electron chi connectivity index (χ1n) is 12.1. The molecule has 5 nitrogen and oxygen atoms in total. The molecule has 1 unspecified atom stereocenters. The van der Waals surface area contributed by atoms with Gasteiger partial charge in [0, 0.05) is 48.4 Å². The fourth-order valence-corrected chi connectivity index (χ4v) is 5.20. The highest BCUT2D eigenvalue weighted by Crippen LogP contribution is 2.26. The molecule has 0 saturated carbocycles. The van der Waals surface area contributed by atoms with Crippen LogP contribution in [0.4, 0.5) is 0 Å². The van der Waals surface area contributed by atoms with E-state index in [1.807, 2.05) is 36.4 Å². The zero-order valence-corrected chi connectivity index (χ0v) is 20.4. The zero-order chi connectivity index (χ0) is 23.4. The number of piperidine rings is 1. The molecule has 176 valence electrons. The van der Waals surface area contributed by atoms with Crippen molar-refractivity contribution in [2.45, 2.75) is 58.7 Å². The van der Waals surface area contributed by atoms with Gasteiger partial charge in [0.05, 0.1) is 0 Å². The van der Waals surface area contributed by atoms with Crippen molar-refractivity contribution >= 4 is 23.4 Å². The van der Waals surface area contributed by atoms with Crippen molar-refractivity contribution < 1.29 is 9.59 Å². The Morgan fingerprint density at radius 2 is 1.94 bits per heavy atom. The van der Waals surface area contributed by atoms with E-state index in [2.05, 4.69) is 24.1 Å². The van der Waals surface area contributed by atoms with Gasteiger partial charge in [-0.05, 0) is 67.1 Å². The van der Waals surface area contributed by atoms with Gasteiger partial charge >= 0.3 is 0 Å². The van der Waals surface area contributed by atoms with Crippen molar-refractivity contribution in [3.8, 4) is 0 Å². The first-order chi connectivity index (χ1) is 15.9. The maximum absolute atomic E-state index is 12.9. The SMILES string of the molecule is CC(C)C1CCCCN1CCCNC(=O)c1ccc2c(c1)C(=O)N(Cc1ccc(Cl)cc1)C2. The predicted octanol–water partition coefficient (Wildman–Crippen LogP) is 5.13. The molecular formula is C27H34ClN3O2. The summed E-state index contributed by atoms with van der Waals surface area (Å²) in [6.07, 6.45) is 4.81. The first kappa shape index (κ1) is 23.8. The monoisotopic (exact) mass is 467 g/mol. The number of nitrogens with one attached hydrogen (secondary N) is 1. The van der Waals surface area contributed by atoms with Gasteiger partial charge in [0.25, 0.3) is 11.8 Å². The van der Waals surface area contributed by atoms with E-state index < -0.39 is 0 Å². The van der Waals surface area contributed by atoms with Crippen molar-refractivity contribution in [2.24, 2.45) is 5.92 Å². The summed E-state index contributed by atoms with van der Waals surface area (Å²) in [6.45, 7) is 8.52. The van der Waals surface area contributed by atoms with E-state index in [0.29, 0.717) is 47.7 Å². The van der Waals surface area contributed by atoms with Gasteiger partial charge < -0.3 is 15.1 Å². The molecule has 1 atom stereocenters. The van der Waals surface area contributed by atoms with Crippen LogP contribution >= 0.6 is 11.6 Å². The van der Waals surface area contributed by atoms with Crippen molar-refractivity contribution in [1.29, 1.82) is 0 Å². The average Bonchev–Trinajstić information content (AvgIpc) is 3.12. The highest BCUT2D eigenvalue weighted by atomic mass is 35.5. The van der Waals surface area contributed by atoms with Gasteiger partial charge in [-0.3, -0.25) is 9.59 Å². The number of hydrogen-bond acceptors (Lipinski definition) is 3. The molecule has 2 aliphatic rings. The maximum Gasteiger partial charge on any atom is 0.254 e. The van der Waals surface area contributed by atoms with E-state index in [9.17, 15) is 9.59 Å². The molecule has 0 radical (unpaired) electrons. The number of hydrogen-bond donors (Lipinski definition) is 1. The summed E-state index contributed by atoms with van der Waals surface area (Å²) >= 11 is 5.96. The second-order valence-corrected chi connectivity index (χ2v) is 10.0. The lowest BCUT2D eigenvalue weighted by Gasteiger charge is -2.38. The number of carbonyl (C=O) groups is 2.